The summed E-state index contributed by atoms with van der Waals surface area (Å²) in [5.41, 5.74) is 9.52. The minimum absolute atomic E-state index is 0. The molecule has 51 heavy (non-hydrogen) atoms. The Hall–Kier alpha value is -4.55. The molecule has 256 valence electrons. The first-order valence-corrected chi connectivity index (χ1v) is 21.3. The van der Waals surface area contributed by atoms with E-state index in [0.717, 1.165) is 76.1 Å². The molecule has 8 heteroatoms. The van der Waals surface area contributed by atoms with Gasteiger partial charge in [-0.1, -0.05) is 88.9 Å². The number of pyridine rings is 1. The number of nitrogens with zero attached hydrogens (tertiary/aromatic N) is 3. The molecule has 1 N–H and O–H groups in total. The van der Waals surface area contributed by atoms with E-state index in [-0.39, 0.29) is 32.2 Å². The van der Waals surface area contributed by atoms with E-state index < -0.39 is 8.07 Å². The van der Waals surface area contributed by atoms with Crippen molar-refractivity contribution >= 4 is 67.0 Å². The third-order valence-corrected chi connectivity index (χ3v) is 12.9. The molecule has 0 fully saturated rings. The number of para-hydroxylation sites is 2. The molecule has 0 spiro atoms. The van der Waals surface area contributed by atoms with Gasteiger partial charge in [-0.2, -0.15) is 0 Å². The number of phenolic OH excluding ortho intramolecular Hbond substituents is 1. The summed E-state index contributed by atoms with van der Waals surface area (Å²) in [6.07, 6.45) is 0. The number of aromatic nitrogens is 3. The smallest absolute Gasteiger partial charge is 0.149 e. The molecule has 5 nitrogen and oxygen atoms in total. The molecule has 0 aliphatic carbocycles. The Morgan fingerprint density at radius 1 is 0.804 bits per heavy atom. The number of benzene rings is 5. The molecule has 5 aromatic carbocycles. The Morgan fingerprint density at radius 2 is 1.59 bits per heavy atom. The number of thiophene rings is 1. The molecule has 0 unspecified atom stereocenters. The van der Waals surface area contributed by atoms with Crippen molar-refractivity contribution in [1.29, 1.82) is 0 Å². The van der Waals surface area contributed by atoms with E-state index >= 15 is 0 Å². The zero-order valence-electron chi connectivity index (χ0n) is 29.2. The summed E-state index contributed by atoms with van der Waals surface area (Å²) in [5.74, 6) is 0.853. The Kier molecular flexibility index (Phi) is 7.91. The van der Waals surface area contributed by atoms with E-state index in [2.05, 4.69) is 118 Å². The van der Waals surface area contributed by atoms with Gasteiger partial charge in [0.1, 0.15) is 22.7 Å². The first kappa shape index (κ1) is 33.6. The Bertz CT molecular complexity index is 2730. The van der Waals surface area contributed by atoms with E-state index in [9.17, 15) is 5.11 Å². The van der Waals surface area contributed by atoms with E-state index in [1.54, 1.807) is 11.3 Å². The van der Waals surface area contributed by atoms with Gasteiger partial charge in [0.15, 0.2) is 0 Å². The zero-order chi connectivity index (χ0) is 34.5. The standard InChI is InChI=1S/C43H36N3O2SSi.Pt/c1-43(2,3)30-22-23-31(25-18-20-27(21-19-25)50(4,5)6)44-38(30)28-14-10-15-32-39(28)45-42(46(32)26-12-8-7-9-13-26)29-24-34-37-36-33(48-34)16-11-17-35(36)49-41(37)40(29)47;/h7-18,20-24,47H,1-6H3;/q-1;. The number of rotatable bonds is 5. The van der Waals surface area contributed by atoms with Crippen molar-refractivity contribution in [3.63, 3.8) is 0 Å². The molecule has 4 aromatic heterocycles. The molecule has 0 amide bonds. The summed E-state index contributed by atoms with van der Waals surface area (Å²) in [6.45, 7) is 13.7. The van der Waals surface area contributed by atoms with Crippen LogP contribution in [0.4, 0.5) is 0 Å². The minimum Gasteiger partial charge on any atom is -0.506 e. The summed E-state index contributed by atoms with van der Waals surface area (Å²) in [4.78, 5) is 10.8. The van der Waals surface area contributed by atoms with Crippen LogP contribution in [0.2, 0.25) is 19.6 Å². The van der Waals surface area contributed by atoms with Crippen LogP contribution in [0, 0.1) is 6.07 Å². The zero-order valence-corrected chi connectivity index (χ0v) is 33.3. The average Bonchev–Trinajstić information content (AvgIpc) is 3.81. The van der Waals surface area contributed by atoms with Crippen LogP contribution in [-0.2, 0) is 26.5 Å². The molecule has 0 saturated carbocycles. The van der Waals surface area contributed by atoms with Crippen LogP contribution < -0.4 is 5.19 Å². The number of phenols is 1. The van der Waals surface area contributed by atoms with Crippen LogP contribution in [0.1, 0.15) is 26.3 Å². The number of furan rings is 1. The van der Waals surface area contributed by atoms with Crippen LogP contribution in [-0.4, -0.2) is 27.7 Å². The normalized spacial score (nSPS) is 12.4. The second-order valence-electron chi connectivity index (χ2n) is 15.2. The van der Waals surface area contributed by atoms with Crippen molar-refractivity contribution in [2.45, 2.75) is 45.8 Å². The van der Waals surface area contributed by atoms with Gasteiger partial charge in [-0.25, -0.2) is 4.98 Å². The first-order valence-electron chi connectivity index (χ1n) is 17.0. The molecule has 0 radical (unpaired) electrons. The SMILES string of the molecule is CC(C)(C)c1ccc(-c2[c-]cc([Si](C)(C)C)cc2)nc1-c1cccc2c1nc(-c1cc3oc4cccc5sc(c1O)c3c45)n2-c1ccccc1.[Pt]. The van der Waals surface area contributed by atoms with Crippen LogP contribution in [0.15, 0.2) is 108 Å². The Balaban J connectivity index is 0.00000374. The van der Waals surface area contributed by atoms with E-state index in [1.807, 2.05) is 36.4 Å². The number of aromatic hydroxyl groups is 1. The van der Waals surface area contributed by atoms with Crippen molar-refractivity contribution < 1.29 is 30.6 Å². The predicted molar refractivity (Wildman–Crippen MR) is 211 cm³/mol. The van der Waals surface area contributed by atoms with Crippen molar-refractivity contribution in [2.75, 3.05) is 0 Å². The monoisotopic (exact) mass is 881 g/mol. The Morgan fingerprint density at radius 3 is 2.31 bits per heavy atom. The van der Waals surface area contributed by atoms with Gasteiger partial charge in [-0.15, -0.1) is 46.4 Å². The third-order valence-electron chi connectivity index (χ3n) is 9.74. The topological polar surface area (TPSA) is 64.1 Å². The molecule has 0 aliphatic heterocycles. The molecule has 0 aliphatic rings. The molecule has 0 saturated heterocycles. The average molecular weight is 882 g/mol. The summed E-state index contributed by atoms with van der Waals surface area (Å²) in [6, 6.07) is 38.9. The largest absolute Gasteiger partial charge is 0.506 e. The first-order chi connectivity index (χ1) is 24.0. The number of fused-ring (bicyclic) bond motifs is 1. The van der Waals surface area contributed by atoms with Gasteiger partial charge in [0.05, 0.1) is 32.4 Å². The summed E-state index contributed by atoms with van der Waals surface area (Å²) in [7, 11) is -1.46. The van der Waals surface area contributed by atoms with E-state index in [0.29, 0.717) is 11.4 Å². The fourth-order valence-corrected chi connectivity index (χ4v) is 9.42. The quantitative estimate of drug-likeness (QED) is 0.138. The van der Waals surface area contributed by atoms with Gasteiger partial charge in [0.2, 0.25) is 0 Å². The molecule has 9 aromatic rings. The minimum atomic E-state index is -1.46. The van der Waals surface area contributed by atoms with Crippen molar-refractivity contribution in [2.24, 2.45) is 0 Å². The van der Waals surface area contributed by atoms with Crippen LogP contribution in [0.5, 0.6) is 5.75 Å². The van der Waals surface area contributed by atoms with Gasteiger partial charge >= 0.3 is 0 Å². The van der Waals surface area contributed by atoms with E-state index in [1.165, 1.54) is 5.19 Å². The maximum absolute atomic E-state index is 12.0. The maximum atomic E-state index is 12.0. The molecule has 0 atom stereocenters. The van der Waals surface area contributed by atoms with Crippen molar-refractivity contribution in [1.82, 2.24) is 14.5 Å². The maximum Gasteiger partial charge on any atom is 0.149 e. The number of hydrogen-bond donors (Lipinski definition) is 1. The fourth-order valence-electron chi connectivity index (χ4n) is 7.15. The third kappa shape index (κ3) is 5.36. The second-order valence-corrected chi connectivity index (χ2v) is 21.3. The molecular weight excluding hydrogens is 846 g/mol. The van der Waals surface area contributed by atoms with Crippen LogP contribution >= 0.6 is 11.3 Å². The summed E-state index contributed by atoms with van der Waals surface area (Å²) < 4.78 is 10.4. The van der Waals surface area contributed by atoms with Gasteiger partial charge < -0.3 is 9.52 Å². The van der Waals surface area contributed by atoms with Crippen molar-refractivity contribution in [3.8, 4) is 45.3 Å². The van der Waals surface area contributed by atoms with Gasteiger partial charge in [0.25, 0.3) is 0 Å². The van der Waals surface area contributed by atoms with Gasteiger partial charge in [-0.3, -0.25) is 9.55 Å². The second kappa shape index (κ2) is 12.0. The van der Waals surface area contributed by atoms with Crippen molar-refractivity contribution in [3.05, 3.63) is 115 Å². The van der Waals surface area contributed by atoms with E-state index in [4.69, 9.17) is 14.4 Å². The molecule has 0 bridgehead atoms. The number of hydrogen-bond acceptors (Lipinski definition) is 5. The predicted octanol–water partition coefficient (Wildman–Crippen LogP) is 11.3. The van der Waals surface area contributed by atoms with Gasteiger partial charge in [0, 0.05) is 50.5 Å². The Labute approximate surface area is 316 Å². The summed E-state index contributed by atoms with van der Waals surface area (Å²) in [5, 5.41) is 15.4. The van der Waals surface area contributed by atoms with Gasteiger partial charge in [-0.05, 0) is 53.1 Å². The molecule has 4 heterocycles. The summed E-state index contributed by atoms with van der Waals surface area (Å²) >= 11 is 1.59. The number of imidazole rings is 1. The van der Waals surface area contributed by atoms with Crippen LogP contribution in [0.3, 0.4) is 0 Å². The van der Waals surface area contributed by atoms with Crippen LogP contribution in [0.25, 0.3) is 82.0 Å². The fraction of sp³-hybridized carbons (Fsp3) is 0.163. The molecular formula is C43H36N3O2PtSSi-. The molecule has 9 rings (SSSR count).